The average Bonchev–Trinajstić information content (AvgIpc) is 2.34. The number of nitrogens with zero attached hydrogens (tertiary/aromatic N) is 2. The number of hydrogen-bond donors (Lipinski definition) is 2. The topological polar surface area (TPSA) is 127 Å². The molecule has 0 bridgehead atoms. The molecular formula is C11H13N3O5. The number of likely N-dealkylation sites (N-methyl/N-ethyl adjacent to an activating group) is 1. The van der Waals surface area contributed by atoms with E-state index in [1.807, 2.05) is 0 Å². The lowest BCUT2D eigenvalue weighted by molar-refractivity contribution is -0.385. The fraction of sp³-hybridized carbons (Fsp3) is 0.273. The maximum Gasteiger partial charge on any atom is 0.342 e. The maximum atomic E-state index is 11.0. The van der Waals surface area contributed by atoms with Gasteiger partial charge < -0.3 is 15.7 Å². The highest BCUT2D eigenvalue weighted by molar-refractivity contribution is 5.94. The average molecular weight is 267 g/mol. The first-order valence-corrected chi connectivity index (χ1v) is 5.41. The summed E-state index contributed by atoms with van der Waals surface area (Å²) in [6, 6.07) is 3.65. The summed E-state index contributed by atoms with van der Waals surface area (Å²) in [5.74, 6) is -1.97. The number of aromatic carboxylic acids is 1. The fourth-order valence-electron chi connectivity index (χ4n) is 1.63. The normalized spacial score (nSPS) is 9.95. The van der Waals surface area contributed by atoms with Crippen LogP contribution in [0.25, 0.3) is 0 Å². The molecule has 19 heavy (non-hydrogen) atoms. The van der Waals surface area contributed by atoms with Crippen LogP contribution in [0.15, 0.2) is 18.2 Å². The van der Waals surface area contributed by atoms with E-state index in [1.165, 1.54) is 11.0 Å². The second-order valence-corrected chi connectivity index (χ2v) is 3.74. The van der Waals surface area contributed by atoms with E-state index in [2.05, 4.69) is 0 Å². The van der Waals surface area contributed by atoms with Crippen molar-refractivity contribution in [3.05, 3.63) is 33.9 Å². The first-order valence-electron chi connectivity index (χ1n) is 5.41. The Morgan fingerprint density at radius 2 is 2.11 bits per heavy atom. The zero-order valence-electron chi connectivity index (χ0n) is 10.2. The molecular weight excluding hydrogens is 254 g/mol. The molecule has 102 valence electrons. The minimum Gasteiger partial charge on any atom is -0.477 e. The molecule has 0 aromatic heterocycles. The highest BCUT2D eigenvalue weighted by atomic mass is 16.6. The van der Waals surface area contributed by atoms with Gasteiger partial charge in [0.1, 0.15) is 5.56 Å². The van der Waals surface area contributed by atoms with Crippen LogP contribution in [-0.2, 0) is 4.79 Å². The van der Waals surface area contributed by atoms with Crippen molar-refractivity contribution >= 4 is 23.3 Å². The molecule has 0 saturated carbocycles. The number of nitro groups is 1. The largest absolute Gasteiger partial charge is 0.477 e. The van der Waals surface area contributed by atoms with Crippen molar-refractivity contribution in [1.82, 2.24) is 0 Å². The molecule has 0 saturated heterocycles. The molecule has 0 heterocycles. The molecule has 0 atom stereocenters. The monoisotopic (exact) mass is 267 g/mol. The van der Waals surface area contributed by atoms with E-state index >= 15 is 0 Å². The molecule has 1 amide bonds. The predicted molar refractivity (Wildman–Crippen MR) is 67.1 cm³/mol. The lowest BCUT2D eigenvalue weighted by Crippen LogP contribution is -2.33. The van der Waals surface area contributed by atoms with Crippen molar-refractivity contribution in [3.8, 4) is 0 Å². The Bertz CT molecular complexity index is 529. The SMILES string of the molecule is CCN(CC(N)=O)c1ccc([N+](=O)[O-])c(C(=O)O)c1. The van der Waals surface area contributed by atoms with Crippen LogP contribution in [-0.4, -0.2) is 35.0 Å². The third-order valence-corrected chi connectivity index (χ3v) is 2.50. The molecule has 0 radical (unpaired) electrons. The summed E-state index contributed by atoms with van der Waals surface area (Å²) < 4.78 is 0. The van der Waals surface area contributed by atoms with Crippen molar-refractivity contribution in [2.24, 2.45) is 5.73 Å². The van der Waals surface area contributed by atoms with Gasteiger partial charge in [0.2, 0.25) is 5.91 Å². The second-order valence-electron chi connectivity index (χ2n) is 3.74. The van der Waals surface area contributed by atoms with Crippen LogP contribution >= 0.6 is 0 Å². The smallest absolute Gasteiger partial charge is 0.342 e. The van der Waals surface area contributed by atoms with E-state index in [0.29, 0.717) is 12.2 Å². The molecule has 1 aromatic carbocycles. The van der Waals surface area contributed by atoms with Gasteiger partial charge in [-0.15, -0.1) is 0 Å². The number of carboxylic acid groups (broad SMARTS) is 1. The van der Waals surface area contributed by atoms with E-state index < -0.39 is 28.1 Å². The van der Waals surface area contributed by atoms with Crippen LogP contribution in [0.3, 0.4) is 0 Å². The van der Waals surface area contributed by atoms with Crippen molar-refractivity contribution in [2.45, 2.75) is 6.92 Å². The Balaban J connectivity index is 3.24. The van der Waals surface area contributed by atoms with Crippen molar-refractivity contribution in [1.29, 1.82) is 0 Å². The molecule has 1 aromatic rings. The van der Waals surface area contributed by atoms with Gasteiger partial charge >= 0.3 is 5.97 Å². The quantitative estimate of drug-likeness (QED) is 0.574. The Morgan fingerprint density at radius 1 is 1.47 bits per heavy atom. The van der Waals surface area contributed by atoms with Crippen LogP contribution in [0.2, 0.25) is 0 Å². The van der Waals surface area contributed by atoms with Crippen LogP contribution in [0.4, 0.5) is 11.4 Å². The second kappa shape index (κ2) is 5.80. The zero-order chi connectivity index (χ0) is 14.6. The van der Waals surface area contributed by atoms with Gasteiger partial charge in [-0.2, -0.15) is 0 Å². The van der Waals surface area contributed by atoms with E-state index in [-0.39, 0.29) is 6.54 Å². The summed E-state index contributed by atoms with van der Waals surface area (Å²) in [5, 5.41) is 19.7. The molecule has 0 spiro atoms. The summed E-state index contributed by atoms with van der Waals surface area (Å²) in [7, 11) is 0. The number of rotatable bonds is 6. The summed E-state index contributed by atoms with van der Waals surface area (Å²) >= 11 is 0. The molecule has 1 rings (SSSR count). The highest BCUT2D eigenvalue weighted by Gasteiger charge is 2.21. The highest BCUT2D eigenvalue weighted by Crippen LogP contribution is 2.25. The standard InChI is InChI=1S/C11H13N3O5/c1-2-13(6-10(12)15)7-3-4-9(14(18)19)8(5-7)11(16)17/h3-5H,2,6H2,1H3,(H2,12,15)(H,16,17). The number of carbonyl (C=O) groups excluding carboxylic acids is 1. The first-order chi connectivity index (χ1) is 8.86. The van der Waals surface area contributed by atoms with E-state index in [9.17, 15) is 19.7 Å². The summed E-state index contributed by atoms with van der Waals surface area (Å²) in [6.07, 6.45) is 0. The van der Waals surface area contributed by atoms with Crippen LogP contribution in [0, 0.1) is 10.1 Å². The third kappa shape index (κ3) is 3.41. The molecule has 8 nitrogen and oxygen atoms in total. The number of nitrogens with two attached hydrogens (primary N) is 1. The van der Waals surface area contributed by atoms with E-state index in [0.717, 1.165) is 12.1 Å². The number of anilines is 1. The molecule has 0 unspecified atom stereocenters. The Labute approximate surface area is 108 Å². The number of nitro benzene ring substituents is 1. The lowest BCUT2D eigenvalue weighted by atomic mass is 10.1. The van der Waals surface area contributed by atoms with Crippen molar-refractivity contribution in [2.75, 3.05) is 18.0 Å². The molecule has 8 heteroatoms. The van der Waals surface area contributed by atoms with Gasteiger partial charge in [0.15, 0.2) is 0 Å². The Kier molecular flexibility index (Phi) is 4.41. The van der Waals surface area contributed by atoms with E-state index in [4.69, 9.17) is 10.8 Å². The number of carboxylic acids is 1. The van der Waals surface area contributed by atoms with Gasteiger partial charge in [0.05, 0.1) is 11.5 Å². The third-order valence-electron chi connectivity index (χ3n) is 2.50. The van der Waals surface area contributed by atoms with E-state index in [1.54, 1.807) is 6.92 Å². The van der Waals surface area contributed by atoms with Crippen molar-refractivity contribution < 1.29 is 19.6 Å². The van der Waals surface area contributed by atoms with Gasteiger partial charge in [-0.3, -0.25) is 14.9 Å². The zero-order valence-corrected chi connectivity index (χ0v) is 10.2. The van der Waals surface area contributed by atoms with Crippen molar-refractivity contribution in [3.63, 3.8) is 0 Å². The Morgan fingerprint density at radius 3 is 2.53 bits per heavy atom. The summed E-state index contributed by atoms with van der Waals surface area (Å²) in [5.41, 5.74) is 4.55. The van der Waals surface area contributed by atoms with Gasteiger partial charge in [0.25, 0.3) is 5.69 Å². The minimum atomic E-state index is -1.40. The van der Waals surface area contributed by atoms with Crippen LogP contribution < -0.4 is 10.6 Å². The van der Waals surface area contributed by atoms with Gasteiger partial charge in [-0.05, 0) is 19.1 Å². The van der Waals surface area contributed by atoms with Crippen LogP contribution in [0.5, 0.6) is 0 Å². The number of benzene rings is 1. The summed E-state index contributed by atoms with van der Waals surface area (Å²) in [4.78, 5) is 33.4. The minimum absolute atomic E-state index is 0.0899. The Hall–Kier alpha value is -2.64. The first kappa shape index (κ1) is 14.4. The molecule has 0 aliphatic carbocycles. The van der Waals surface area contributed by atoms with Gasteiger partial charge in [-0.25, -0.2) is 4.79 Å². The number of amides is 1. The molecule has 0 aliphatic heterocycles. The van der Waals surface area contributed by atoms with Gasteiger partial charge in [0, 0.05) is 18.3 Å². The van der Waals surface area contributed by atoms with Gasteiger partial charge in [-0.1, -0.05) is 0 Å². The number of carbonyl (C=O) groups is 2. The lowest BCUT2D eigenvalue weighted by Gasteiger charge is -2.21. The molecule has 3 N–H and O–H groups in total. The number of primary amides is 1. The maximum absolute atomic E-state index is 11.0. The fourth-order valence-corrected chi connectivity index (χ4v) is 1.63. The molecule has 0 fully saturated rings. The predicted octanol–water partition coefficient (Wildman–Crippen LogP) is 0.605. The summed E-state index contributed by atoms with van der Waals surface area (Å²) in [6.45, 7) is 2.08. The number of hydrogen-bond acceptors (Lipinski definition) is 5. The molecule has 0 aliphatic rings. The van der Waals surface area contributed by atoms with Crippen LogP contribution in [0.1, 0.15) is 17.3 Å².